The highest BCUT2D eigenvalue weighted by Gasteiger charge is 2.27. The highest BCUT2D eigenvalue weighted by Crippen LogP contribution is 2.46. The molecule has 0 aliphatic heterocycles. The largest absolute Gasteiger partial charge is 0.309 e. The van der Waals surface area contributed by atoms with E-state index >= 15 is 17.6 Å². The number of aromatic nitrogens is 8. The minimum atomic E-state index is -0.694. The fourth-order valence-corrected chi connectivity index (χ4v) is 16.9. The molecule has 4 heterocycles. The predicted molar refractivity (Wildman–Crippen MR) is 459 cm³/mol. The zero-order valence-corrected chi connectivity index (χ0v) is 63.8. The lowest BCUT2D eigenvalue weighted by Gasteiger charge is -2.17. The number of hydrogen-bond donors (Lipinski definition) is 0. The van der Waals surface area contributed by atoms with Gasteiger partial charge in [-0.15, -0.1) is 0 Å². The van der Waals surface area contributed by atoms with Gasteiger partial charge in [0.2, 0.25) is 0 Å². The minimum absolute atomic E-state index is 0.155. The molecule has 0 aliphatic rings. The highest BCUT2D eigenvalue weighted by atomic mass is 19.1. The zero-order chi connectivity index (χ0) is 78.3. The van der Waals surface area contributed by atoms with Gasteiger partial charge in [0.15, 0.2) is 34.9 Å². The van der Waals surface area contributed by atoms with Crippen LogP contribution in [0.2, 0.25) is 0 Å². The van der Waals surface area contributed by atoms with Crippen molar-refractivity contribution in [3.05, 3.63) is 383 Å². The van der Waals surface area contributed by atoms with Crippen LogP contribution in [0, 0.1) is 64.8 Å². The monoisotopic (exact) mass is 1500 g/mol. The number of hydrogen-bond acceptors (Lipinski definition) is 6. The SMILES string of the molecule is Cc1ccc(-c2ccc3c4ccc(-c5ccc(Cc6ccc7c(c6)c6cc(-c8c(C)cc(C)cc8C)ccc6n7-c6ccc(-c7c(F)cccc7F)cc6-c6nc(-c7ccccc7)nc(-c7ccccc7)n6)cc5C)cc4n(-c4ccc(-c5c(F)cccc5F)cc4-c4nc(-c5ccccc5)nc(-c5ccccc5)n4)c3c2)c(C)c1. The van der Waals surface area contributed by atoms with Crippen molar-refractivity contribution in [3.63, 3.8) is 0 Å². The minimum Gasteiger partial charge on any atom is -0.309 e. The Hall–Kier alpha value is -14.4. The highest BCUT2D eigenvalue weighted by molar-refractivity contribution is 6.13. The Balaban J connectivity index is 0.768. The second-order valence-electron chi connectivity index (χ2n) is 29.9. The molecule has 0 bridgehead atoms. The van der Waals surface area contributed by atoms with Gasteiger partial charge < -0.3 is 9.13 Å². The lowest BCUT2D eigenvalue weighted by atomic mass is 9.92. The average Bonchev–Trinajstić information content (AvgIpc) is 1.70. The summed E-state index contributed by atoms with van der Waals surface area (Å²) in [5.41, 5.74) is 25.0. The molecule has 0 atom stereocenters. The Labute approximate surface area is 662 Å². The molecule has 19 aromatic rings. The molecule has 12 heteroatoms. The van der Waals surface area contributed by atoms with E-state index < -0.39 is 23.3 Å². The summed E-state index contributed by atoms with van der Waals surface area (Å²) >= 11 is 0. The first kappa shape index (κ1) is 71.0. The first-order chi connectivity index (χ1) is 56.1. The van der Waals surface area contributed by atoms with E-state index in [-0.39, 0.29) is 11.1 Å². The Kier molecular flexibility index (Phi) is 17.9. The molecule has 0 amide bonds. The van der Waals surface area contributed by atoms with E-state index in [9.17, 15) is 0 Å². The number of rotatable bonds is 15. The lowest BCUT2D eigenvalue weighted by Crippen LogP contribution is -2.04. The molecular formula is C103H72F4N8. The molecule has 19 rings (SSSR count). The standard InChI is InChI=1S/C103H72F4N8/c1-60-33-41-77(62(3)49-60)72-36-43-79-80-44-37-73(59-94(80)115(93(79)58-72)92-48-40-76(97-87(106)31-20-32-88(97)107)57-84(92)103-112-100(70-25-15-9-16-26-70)109-101(113-103)71-27-17-10-18-28-71)78-42-34-66(52-63(78)4)53-67-35-45-89-81(54-67)82-55-74(95-64(5)50-61(2)51-65(95)6)38-46-90(82)114(89)91-47-39-75(96-85(104)29-19-30-86(96)105)56-83(91)102-110-98(68-21-11-7-12-22-68)108-99(111-102)69-23-13-8-14-24-69/h7-52,54-59H,53H2,1-6H3. The summed E-state index contributed by atoms with van der Waals surface area (Å²) in [5, 5.41) is 4.03. The van der Waals surface area contributed by atoms with E-state index in [1.165, 1.54) is 64.2 Å². The molecule has 0 aliphatic carbocycles. The van der Waals surface area contributed by atoms with E-state index in [1.807, 2.05) is 140 Å². The van der Waals surface area contributed by atoms with Gasteiger partial charge in [-0.1, -0.05) is 242 Å². The summed E-state index contributed by atoms with van der Waals surface area (Å²) in [6, 6.07) is 102. The van der Waals surface area contributed by atoms with E-state index in [0.29, 0.717) is 75.0 Å². The summed E-state index contributed by atoms with van der Waals surface area (Å²) in [5.74, 6) is -0.358. The predicted octanol–water partition coefficient (Wildman–Crippen LogP) is 26.6. The van der Waals surface area contributed by atoms with Crippen molar-refractivity contribution >= 4 is 43.6 Å². The Morgan fingerprint density at radius 2 is 0.583 bits per heavy atom. The van der Waals surface area contributed by atoms with Gasteiger partial charge in [0.25, 0.3) is 0 Å². The summed E-state index contributed by atoms with van der Waals surface area (Å²) in [7, 11) is 0. The van der Waals surface area contributed by atoms with E-state index in [4.69, 9.17) is 29.9 Å². The summed E-state index contributed by atoms with van der Waals surface area (Å²) in [4.78, 5) is 31.1. The molecule has 0 saturated heterocycles. The van der Waals surface area contributed by atoms with Crippen LogP contribution in [0.25, 0.3) is 179 Å². The number of aryl methyl sites for hydroxylation is 6. The van der Waals surface area contributed by atoms with Crippen molar-refractivity contribution in [2.75, 3.05) is 0 Å². The van der Waals surface area contributed by atoms with Crippen LogP contribution in [-0.4, -0.2) is 39.0 Å². The van der Waals surface area contributed by atoms with E-state index in [1.54, 1.807) is 18.2 Å². The second kappa shape index (κ2) is 29.1. The van der Waals surface area contributed by atoms with Crippen molar-refractivity contribution in [3.8, 4) is 135 Å². The normalized spacial score (nSPS) is 11.6. The molecule has 0 saturated carbocycles. The molecule has 0 fully saturated rings. The molecule has 552 valence electrons. The quantitative estimate of drug-likeness (QED) is 0.0951. The van der Waals surface area contributed by atoms with Gasteiger partial charge in [-0.3, -0.25) is 0 Å². The number of halogens is 4. The Bertz CT molecular complexity index is 6940. The van der Waals surface area contributed by atoms with Crippen LogP contribution in [0.4, 0.5) is 17.6 Å². The topological polar surface area (TPSA) is 87.2 Å². The van der Waals surface area contributed by atoms with Gasteiger partial charge in [-0.25, -0.2) is 47.5 Å². The number of nitrogens with zero attached hydrogens (tertiary/aromatic N) is 8. The van der Waals surface area contributed by atoms with E-state index in [2.05, 4.69) is 172 Å². The summed E-state index contributed by atoms with van der Waals surface area (Å²) < 4.78 is 69.2. The van der Waals surface area contributed by atoms with Gasteiger partial charge in [-0.05, 0) is 211 Å². The van der Waals surface area contributed by atoms with Crippen LogP contribution in [0.1, 0.15) is 44.5 Å². The van der Waals surface area contributed by atoms with Gasteiger partial charge in [-0.2, -0.15) is 0 Å². The lowest BCUT2D eigenvalue weighted by molar-refractivity contribution is 0.589. The van der Waals surface area contributed by atoms with Crippen LogP contribution in [0.3, 0.4) is 0 Å². The van der Waals surface area contributed by atoms with Crippen LogP contribution in [0.5, 0.6) is 0 Å². The van der Waals surface area contributed by atoms with Crippen molar-refractivity contribution in [1.82, 2.24) is 39.0 Å². The third-order valence-electron chi connectivity index (χ3n) is 22.1. The molecule has 0 spiro atoms. The molecular weight excluding hydrogens is 1430 g/mol. The smallest absolute Gasteiger partial charge is 0.166 e. The van der Waals surface area contributed by atoms with Gasteiger partial charge in [0.1, 0.15) is 23.3 Å². The van der Waals surface area contributed by atoms with Crippen molar-refractivity contribution in [2.45, 2.75) is 48.0 Å². The van der Waals surface area contributed by atoms with Crippen LogP contribution in [0.15, 0.2) is 315 Å². The fourth-order valence-electron chi connectivity index (χ4n) is 16.9. The van der Waals surface area contributed by atoms with Crippen LogP contribution < -0.4 is 0 Å². The fraction of sp³-hybridized carbons (Fsp3) is 0.0680. The van der Waals surface area contributed by atoms with Crippen molar-refractivity contribution < 1.29 is 17.6 Å². The summed E-state index contributed by atoms with van der Waals surface area (Å²) in [6.45, 7) is 12.9. The summed E-state index contributed by atoms with van der Waals surface area (Å²) in [6.07, 6.45) is 0.601. The third kappa shape index (κ3) is 13.1. The molecule has 0 unspecified atom stereocenters. The maximum absolute atomic E-state index is 16.2. The first-order valence-electron chi connectivity index (χ1n) is 38.4. The molecule has 8 nitrogen and oxygen atoms in total. The Morgan fingerprint density at radius 3 is 1.03 bits per heavy atom. The van der Waals surface area contributed by atoms with Gasteiger partial charge in [0, 0.05) is 54.9 Å². The van der Waals surface area contributed by atoms with Gasteiger partial charge in [0.05, 0.1) is 44.6 Å². The first-order valence-corrected chi connectivity index (χ1v) is 38.4. The van der Waals surface area contributed by atoms with Crippen molar-refractivity contribution in [2.24, 2.45) is 0 Å². The van der Waals surface area contributed by atoms with Crippen LogP contribution in [-0.2, 0) is 6.42 Å². The average molecular weight is 1500 g/mol. The third-order valence-corrected chi connectivity index (χ3v) is 22.1. The molecule has 115 heavy (non-hydrogen) atoms. The number of benzene rings is 15. The van der Waals surface area contributed by atoms with Gasteiger partial charge >= 0.3 is 0 Å². The van der Waals surface area contributed by atoms with Crippen LogP contribution >= 0.6 is 0 Å². The molecule has 15 aromatic carbocycles. The second-order valence-corrected chi connectivity index (χ2v) is 29.9. The maximum Gasteiger partial charge on any atom is 0.166 e. The Morgan fingerprint density at radius 1 is 0.226 bits per heavy atom. The molecule has 0 radical (unpaired) electrons. The zero-order valence-electron chi connectivity index (χ0n) is 63.8. The maximum atomic E-state index is 16.2. The van der Waals surface area contributed by atoms with E-state index in [0.717, 1.165) is 116 Å². The van der Waals surface area contributed by atoms with Crippen molar-refractivity contribution in [1.29, 1.82) is 0 Å². The molecule has 0 N–H and O–H groups in total. The molecule has 4 aromatic heterocycles. The number of fused-ring (bicyclic) bond motifs is 6.